The number of nitrogens with zero attached hydrogens (tertiary/aromatic N) is 2. The third kappa shape index (κ3) is 3.47. The van der Waals surface area contributed by atoms with Gasteiger partial charge in [-0.1, -0.05) is 12.1 Å². The SMILES string of the molecule is CCN(CC)C(=O)C(C)Nc1cccc(C)c1C#N. The molecule has 0 heterocycles. The third-order valence-corrected chi connectivity index (χ3v) is 3.20. The van der Waals surface area contributed by atoms with Gasteiger partial charge >= 0.3 is 0 Å². The Morgan fingerprint density at radius 2 is 2.05 bits per heavy atom. The fraction of sp³-hybridized carbons (Fsp3) is 0.467. The lowest BCUT2D eigenvalue weighted by Gasteiger charge is -2.24. The lowest BCUT2D eigenvalue weighted by Crippen LogP contribution is -2.41. The van der Waals surface area contributed by atoms with Gasteiger partial charge in [-0.3, -0.25) is 4.79 Å². The number of hydrogen-bond acceptors (Lipinski definition) is 3. The molecule has 0 aliphatic rings. The molecule has 1 atom stereocenters. The number of nitriles is 1. The van der Waals surface area contributed by atoms with E-state index in [2.05, 4.69) is 11.4 Å². The van der Waals surface area contributed by atoms with Crippen LogP contribution in [0, 0.1) is 18.3 Å². The average molecular weight is 259 g/mol. The summed E-state index contributed by atoms with van der Waals surface area (Å²) in [7, 11) is 0. The first-order valence-electron chi connectivity index (χ1n) is 6.60. The van der Waals surface area contributed by atoms with E-state index in [-0.39, 0.29) is 11.9 Å². The topological polar surface area (TPSA) is 56.1 Å². The summed E-state index contributed by atoms with van der Waals surface area (Å²) in [4.78, 5) is 14.0. The van der Waals surface area contributed by atoms with Gasteiger partial charge in [-0.15, -0.1) is 0 Å². The lowest BCUT2D eigenvalue weighted by atomic mass is 10.1. The Kier molecular flexibility index (Phi) is 5.37. The normalized spacial score (nSPS) is 11.5. The number of anilines is 1. The molecule has 1 rings (SSSR count). The van der Waals surface area contributed by atoms with Crippen molar-refractivity contribution in [1.29, 1.82) is 5.26 Å². The van der Waals surface area contributed by atoms with Gasteiger partial charge in [-0.05, 0) is 39.3 Å². The van der Waals surface area contributed by atoms with Gasteiger partial charge in [0.25, 0.3) is 0 Å². The molecule has 0 aliphatic heterocycles. The molecule has 0 fully saturated rings. The maximum atomic E-state index is 12.2. The van der Waals surface area contributed by atoms with Crippen LogP contribution in [0.15, 0.2) is 18.2 Å². The quantitative estimate of drug-likeness (QED) is 0.884. The van der Waals surface area contributed by atoms with Crippen LogP contribution in [0.25, 0.3) is 0 Å². The van der Waals surface area contributed by atoms with E-state index in [0.717, 1.165) is 11.3 Å². The van der Waals surface area contributed by atoms with Crippen molar-refractivity contribution in [3.05, 3.63) is 29.3 Å². The molecule has 0 saturated carbocycles. The first-order valence-corrected chi connectivity index (χ1v) is 6.60. The zero-order valence-electron chi connectivity index (χ0n) is 12.0. The Morgan fingerprint density at radius 1 is 1.42 bits per heavy atom. The molecule has 0 spiro atoms. The minimum Gasteiger partial charge on any atom is -0.373 e. The monoisotopic (exact) mass is 259 g/mol. The fourth-order valence-electron chi connectivity index (χ4n) is 2.04. The predicted octanol–water partition coefficient (Wildman–Crippen LogP) is 2.54. The molecule has 4 heteroatoms. The molecule has 1 amide bonds. The number of likely N-dealkylation sites (N-methyl/N-ethyl adjacent to an activating group) is 1. The Bertz CT molecular complexity index is 487. The van der Waals surface area contributed by atoms with Crippen molar-refractivity contribution in [1.82, 2.24) is 4.90 Å². The highest BCUT2D eigenvalue weighted by Gasteiger charge is 2.19. The zero-order valence-corrected chi connectivity index (χ0v) is 12.0. The van der Waals surface area contributed by atoms with Crippen LogP contribution in [0.1, 0.15) is 31.9 Å². The Labute approximate surface area is 115 Å². The molecule has 0 saturated heterocycles. The van der Waals surface area contributed by atoms with E-state index in [1.807, 2.05) is 45.9 Å². The second kappa shape index (κ2) is 6.79. The van der Waals surface area contributed by atoms with Crippen LogP contribution in [0.4, 0.5) is 5.69 Å². The van der Waals surface area contributed by atoms with Gasteiger partial charge in [0.05, 0.1) is 11.3 Å². The number of amides is 1. The van der Waals surface area contributed by atoms with Crippen molar-refractivity contribution in [2.45, 2.75) is 33.7 Å². The summed E-state index contributed by atoms with van der Waals surface area (Å²) in [5, 5.41) is 12.3. The molecule has 0 radical (unpaired) electrons. The van der Waals surface area contributed by atoms with Crippen LogP contribution in [-0.4, -0.2) is 29.9 Å². The molecule has 1 N–H and O–H groups in total. The van der Waals surface area contributed by atoms with E-state index >= 15 is 0 Å². The van der Waals surface area contributed by atoms with Crippen LogP contribution in [-0.2, 0) is 4.79 Å². The second-order valence-electron chi connectivity index (χ2n) is 4.49. The average Bonchev–Trinajstić information content (AvgIpc) is 2.40. The van der Waals surface area contributed by atoms with E-state index < -0.39 is 0 Å². The Balaban J connectivity index is 2.89. The van der Waals surface area contributed by atoms with Gasteiger partial charge in [0, 0.05) is 13.1 Å². The maximum Gasteiger partial charge on any atom is 0.244 e. The van der Waals surface area contributed by atoms with E-state index in [1.54, 1.807) is 4.90 Å². The predicted molar refractivity (Wildman–Crippen MR) is 76.9 cm³/mol. The summed E-state index contributed by atoms with van der Waals surface area (Å²) >= 11 is 0. The van der Waals surface area contributed by atoms with Gasteiger partial charge in [-0.25, -0.2) is 0 Å². The Hall–Kier alpha value is -2.02. The minimum absolute atomic E-state index is 0.0513. The highest BCUT2D eigenvalue weighted by Crippen LogP contribution is 2.19. The summed E-state index contributed by atoms with van der Waals surface area (Å²) < 4.78 is 0. The molecule has 0 aliphatic carbocycles. The van der Waals surface area contributed by atoms with Crippen molar-refractivity contribution in [3.8, 4) is 6.07 Å². The molecule has 19 heavy (non-hydrogen) atoms. The highest BCUT2D eigenvalue weighted by atomic mass is 16.2. The van der Waals surface area contributed by atoms with Crippen LogP contribution >= 0.6 is 0 Å². The van der Waals surface area contributed by atoms with Crippen molar-refractivity contribution in [2.75, 3.05) is 18.4 Å². The zero-order chi connectivity index (χ0) is 14.4. The molecular weight excluding hydrogens is 238 g/mol. The van der Waals surface area contributed by atoms with E-state index in [0.29, 0.717) is 18.7 Å². The van der Waals surface area contributed by atoms with Crippen LogP contribution in [0.3, 0.4) is 0 Å². The van der Waals surface area contributed by atoms with Crippen LogP contribution < -0.4 is 5.32 Å². The summed E-state index contributed by atoms with van der Waals surface area (Å²) in [5.41, 5.74) is 2.23. The highest BCUT2D eigenvalue weighted by molar-refractivity contribution is 5.84. The van der Waals surface area contributed by atoms with Gasteiger partial charge < -0.3 is 10.2 Å². The lowest BCUT2D eigenvalue weighted by molar-refractivity contribution is -0.131. The molecule has 0 bridgehead atoms. The van der Waals surface area contributed by atoms with E-state index in [4.69, 9.17) is 5.26 Å². The molecule has 0 aromatic heterocycles. The maximum absolute atomic E-state index is 12.2. The minimum atomic E-state index is -0.339. The van der Waals surface area contributed by atoms with Crippen LogP contribution in [0.5, 0.6) is 0 Å². The number of benzene rings is 1. The molecular formula is C15H21N3O. The first kappa shape index (κ1) is 15.0. The first-order chi connectivity index (χ1) is 9.04. The summed E-state index contributed by atoms with van der Waals surface area (Å²) in [6.07, 6.45) is 0. The third-order valence-electron chi connectivity index (χ3n) is 3.20. The summed E-state index contributed by atoms with van der Waals surface area (Å²) in [5.74, 6) is 0.0513. The smallest absolute Gasteiger partial charge is 0.244 e. The number of nitrogens with one attached hydrogen (secondary N) is 1. The van der Waals surface area contributed by atoms with Crippen molar-refractivity contribution < 1.29 is 4.79 Å². The van der Waals surface area contributed by atoms with Crippen LogP contribution in [0.2, 0.25) is 0 Å². The van der Waals surface area contributed by atoms with Gasteiger partial charge in [0.1, 0.15) is 12.1 Å². The van der Waals surface area contributed by atoms with Crippen molar-refractivity contribution in [3.63, 3.8) is 0 Å². The standard InChI is InChI=1S/C15H21N3O/c1-5-18(6-2)15(19)12(4)17-14-9-7-8-11(3)13(14)10-16/h7-9,12,17H,5-6H2,1-4H3. The van der Waals surface area contributed by atoms with E-state index in [1.165, 1.54) is 0 Å². The fourth-order valence-corrected chi connectivity index (χ4v) is 2.04. The number of aryl methyl sites for hydroxylation is 1. The molecule has 1 aromatic rings. The second-order valence-corrected chi connectivity index (χ2v) is 4.49. The number of hydrogen-bond donors (Lipinski definition) is 1. The molecule has 102 valence electrons. The molecule has 1 aromatic carbocycles. The molecule has 1 unspecified atom stereocenters. The van der Waals surface area contributed by atoms with Crippen molar-refractivity contribution >= 4 is 11.6 Å². The van der Waals surface area contributed by atoms with Gasteiger partial charge in [0.2, 0.25) is 5.91 Å². The summed E-state index contributed by atoms with van der Waals surface area (Å²) in [6.45, 7) is 9.02. The molecule has 4 nitrogen and oxygen atoms in total. The largest absolute Gasteiger partial charge is 0.373 e. The Morgan fingerprint density at radius 3 is 2.58 bits per heavy atom. The number of carbonyl (C=O) groups is 1. The number of carbonyl (C=O) groups excluding carboxylic acids is 1. The van der Waals surface area contributed by atoms with E-state index in [9.17, 15) is 4.79 Å². The number of rotatable bonds is 5. The van der Waals surface area contributed by atoms with Gasteiger partial charge in [0.15, 0.2) is 0 Å². The van der Waals surface area contributed by atoms with Gasteiger partial charge in [-0.2, -0.15) is 5.26 Å². The van der Waals surface area contributed by atoms with Crippen molar-refractivity contribution in [2.24, 2.45) is 0 Å². The summed E-state index contributed by atoms with van der Waals surface area (Å²) in [6, 6.07) is 7.44.